The van der Waals surface area contributed by atoms with Crippen molar-refractivity contribution in [2.24, 2.45) is 16.6 Å². The van der Waals surface area contributed by atoms with Gasteiger partial charge in [0, 0.05) is 26.7 Å². The van der Waals surface area contributed by atoms with Crippen LogP contribution in [0.15, 0.2) is 17.1 Å². The summed E-state index contributed by atoms with van der Waals surface area (Å²) in [5, 5.41) is 6.34. The molecule has 0 saturated carbocycles. The topological polar surface area (TPSA) is 95.6 Å². The zero-order valence-electron chi connectivity index (χ0n) is 15.6. The van der Waals surface area contributed by atoms with Crippen LogP contribution in [0.3, 0.4) is 0 Å². The third kappa shape index (κ3) is 4.52. The minimum Gasteiger partial charge on any atom is -0.383 e. The molecule has 3 rings (SSSR count). The Morgan fingerprint density at radius 1 is 1.27 bits per heavy atom. The van der Waals surface area contributed by atoms with Crippen molar-refractivity contribution in [3.63, 3.8) is 0 Å². The molecule has 2 aliphatic heterocycles. The third-order valence-corrected chi connectivity index (χ3v) is 5.20. The van der Waals surface area contributed by atoms with E-state index < -0.39 is 0 Å². The van der Waals surface area contributed by atoms with Crippen LogP contribution in [0.5, 0.6) is 0 Å². The number of hydrogen-bond acceptors (Lipinski definition) is 5. The van der Waals surface area contributed by atoms with Gasteiger partial charge in [0.25, 0.3) is 5.91 Å². The molecular weight excluding hydrogens is 328 g/mol. The highest BCUT2D eigenvalue weighted by Crippen LogP contribution is 2.22. The lowest BCUT2D eigenvalue weighted by atomic mass is 9.99. The molecule has 7 heteroatoms. The summed E-state index contributed by atoms with van der Waals surface area (Å²) in [5.74, 6) is 1.64. The van der Waals surface area contributed by atoms with Gasteiger partial charge < -0.3 is 21.3 Å². The molecule has 1 amide bonds. The first-order chi connectivity index (χ1) is 12.7. The van der Waals surface area contributed by atoms with Crippen LogP contribution in [-0.4, -0.2) is 50.0 Å². The van der Waals surface area contributed by atoms with Crippen molar-refractivity contribution in [2.45, 2.75) is 38.5 Å². The minimum atomic E-state index is -0.145. The van der Waals surface area contributed by atoms with Gasteiger partial charge in [-0.2, -0.15) is 4.99 Å². The van der Waals surface area contributed by atoms with Gasteiger partial charge in [0.15, 0.2) is 0 Å². The van der Waals surface area contributed by atoms with E-state index in [4.69, 9.17) is 10.7 Å². The summed E-state index contributed by atoms with van der Waals surface area (Å²) in [6.07, 6.45) is 6.83. The van der Waals surface area contributed by atoms with E-state index in [-0.39, 0.29) is 17.7 Å². The Morgan fingerprint density at radius 2 is 2.04 bits per heavy atom. The van der Waals surface area contributed by atoms with Crippen molar-refractivity contribution in [1.29, 1.82) is 0 Å². The highest BCUT2D eigenvalue weighted by molar-refractivity contribution is 6.07. The molecule has 2 saturated heterocycles. The quantitative estimate of drug-likeness (QED) is 0.560. The predicted octanol–water partition coefficient (Wildman–Crippen LogP) is 1.74. The number of carbonyl (C=O) groups is 1. The molecule has 1 atom stereocenters. The largest absolute Gasteiger partial charge is 0.383 e. The zero-order chi connectivity index (χ0) is 18.4. The molecule has 142 valence electrons. The van der Waals surface area contributed by atoms with Gasteiger partial charge in [0.2, 0.25) is 0 Å². The maximum absolute atomic E-state index is 12.4. The van der Waals surface area contributed by atoms with Crippen LogP contribution in [0.4, 0.5) is 11.6 Å². The van der Waals surface area contributed by atoms with Crippen molar-refractivity contribution in [3.05, 3.63) is 17.7 Å². The molecule has 7 nitrogen and oxygen atoms in total. The zero-order valence-corrected chi connectivity index (χ0v) is 15.6. The molecule has 2 aliphatic rings. The van der Waals surface area contributed by atoms with Crippen LogP contribution < -0.4 is 21.3 Å². The Bertz CT molecular complexity index is 645. The summed E-state index contributed by atoms with van der Waals surface area (Å²) in [4.78, 5) is 23.6. The van der Waals surface area contributed by atoms with Gasteiger partial charge in [-0.3, -0.25) is 4.79 Å². The molecule has 1 aromatic heterocycles. The number of hydrogen-bond donors (Lipinski definition) is 3. The monoisotopic (exact) mass is 358 g/mol. The number of amides is 1. The number of nitrogens with two attached hydrogens (primary N) is 1. The Balaban J connectivity index is 1.77. The van der Waals surface area contributed by atoms with Gasteiger partial charge in [0.05, 0.1) is 11.5 Å². The first-order valence-corrected chi connectivity index (χ1v) is 9.72. The maximum atomic E-state index is 12.4. The standard InChI is InChI=1S/C19H30N6O/c1-21-18-15(17(20)24-19(26)14-7-6-10-22-13-14)8-9-16(23-18)25-11-4-2-3-5-12-25/h8-9,14,22H,2-7,10-13H2,1H3,(H,21,23)(H2,20,24,26). The second kappa shape index (κ2) is 8.98. The molecule has 0 aromatic carbocycles. The van der Waals surface area contributed by atoms with E-state index in [1.807, 2.05) is 19.2 Å². The summed E-state index contributed by atoms with van der Waals surface area (Å²) >= 11 is 0. The average molecular weight is 358 g/mol. The van der Waals surface area contributed by atoms with E-state index >= 15 is 0 Å². The van der Waals surface area contributed by atoms with E-state index in [1.54, 1.807) is 0 Å². The summed E-state index contributed by atoms with van der Waals surface area (Å²) < 4.78 is 0. The first-order valence-electron chi connectivity index (χ1n) is 9.72. The Labute approximate surface area is 155 Å². The Kier molecular flexibility index (Phi) is 6.44. The first kappa shape index (κ1) is 18.6. The second-order valence-electron chi connectivity index (χ2n) is 7.10. The van der Waals surface area contributed by atoms with E-state index in [2.05, 4.69) is 20.5 Å². The number of pyridine rings is 1. The third-order valence-electron chi connectivity index (χ3n) is 5.20. The highest BCUT2D eigenvalue weighted by Gasteiger charge is 2.21. The molecule has 0 aliphatic carbocycles. The van der Waals surface area contributed by atoms with Gasteiger partial charge in [-0.25, -0.2) is 4.98 Å². The number of aliphatic imine (C=N–C) groups is 1. The number of nitrogens with zero attached hydrogens (tertiary/aromatic N) is 3. The molecule has 0 radical (unpaired) electrons. The lowest BCUT2D eigenvalue weighted by molar-refractivity contribution is -0.122. The SMILES string of the molecule is CNc1nc(N2CCCCCC2)ccc1C(N)=NC(=O)C1CCCNC1. The number of rotatable bonds is 4. The lowest BCUT2D eigenvalue weighted by Crippen LogP contribution is -2.34. The van der Waals surface area contributed by atoms with Crippen molar-refractivity contribution in [1.82, 2.24) is 10.3 Å². The summed E-state index contributed by atoms with van der Waals surface area (Å²) in [5.41, 5.74) is 6.83. The number of amidine groups is 1. The van der Waals surface area contributed by atoms with Crippen LogP contribution in [0.2, 0.25) is 0 Å². The maximum Gasteiger partial charge on any atom is 0.252 e. The van der Waals surface area contributed by atoms with Gasteiger partial charge in [-0.15, -0.1) is 0 Å². The minimum absolute atomic E-state index is 0.0790. The van der Waals surface area contributed by atoms with Crippen molar-refractivity contribution in [2.75, 3.05) is 43.4 Å². The van der Waals surface area contributed by atoms with Crippen LogP contribution in [0.1, 0.15) is 44.1 Å². The van der Waals surface area contributed by atoms with Crippen LogP contribution in [0, 0.1) is 5.92 Å². The van der Waals surface area contributed by atoms with Crippen LogP contribution in [-0.2, 0) is 4.79 Å². The molecule has 1 aromatic rings. The Hall–Kier alpha value is -2.15. The number of piperidine rings is 1. The number of aromatic nitrogens is 1. The van der Waals surface area contributed by atoms with E-state index in [0.29, 0.717) is 17.9 Å². The van der Waals surface area contributed by atoms with Gasteiger partial charge in [-0.1, -0.05) is 12.8 Å². The Morgan fingerprint density at radius 3 is 2.69 bits per heavy atom. The average Bonchev–Trinajstić information content (AvgIpc) is 2.97. The number of nitrogens with one attached hydrogen (secondary N) is 2. The molecule has 2 fully saturated rings. The van der Waals surface area contributed by atoms with Crippen molar-refractivity contribution < 1.29 is 4.79 Å². The highest BCUT2D eigenvalue weighted by atomic mass is 16.1. The number of carbonyl (C=O) groups excluding carboxylic acids is 1. The fourth-order valence-corrected chi connectivity index (χ4v) is 3.65. The van der Waals surface area contributed by atoms with Crippen LogP contribution >= 0.6 is 0 Å². The van der Waals surface area contributed by atoms with Gasteiger partial charge in [0.1, 0.15) is 17.5 Å². The van der Waals surface area contributed by atoms with Crippen molar-refractivity contribution >= 4 is 23.4 Å². The molecule has 26 heavy (non-hydrogen) atoms. The van der Waals surface area contributed by atoms with E-state index in [9.17, 15) is 4.79 Å². The van der Waals surface area contributed by atoms with Gasteiger partial charge >= 0.3 is 0 Å². The fourth-order valence-electron chi connectivity index (χ4n) is 3.65. The fraction of sp³-hybridized carbons (Fsp3) is 0.632. The van der Waals surface area contributed by atoms with Gasteiger partial charge in [-0.05, 0) is 44.4 Å². The molecule has 4 N–H and O–H groups in total. The van der Waals surface area contributed by atoms with Crippen LogP contribution in [0.25, 0.3) is 0 Å². The molecule has 3 heterocycles. The summed E-state index contributed by atoms with van der Waals surface area (Å²) in [7, 11) is 1.82. The molecular formula is C19H30N6O. The molecule has 1 unspecified atom stereocenters. The number of anilines is 2. The summed E-state index contributed by atoms with van der Waals surface area (Å²) in [6.45, 7) is 3.72. The lowest BCUT2D eigenvalue weighted by Gasteiger charge is -2.23. The summed E-state index contributed by atoms with van der Waals surface area (Å²) in [6, 6.07) is 3.90. The van der Waals surface area contributed by atoms with E-state index in [0.717, 1.165) is 38.3 Å². The van der Waals surface area contributed by atoms with Crippen molar-refractivity contribution in [3.8, 4) is 0 Å². The smallest absolute Gasteiger partial charge is 0.252 e. The molecule has 0 bridgehead atoms. The predicted molar refractivity (Wildman–Crippen MR) is 106 cm³/mol. The molecule has 0 spiro atoms. The normalized spacial score (nSPS) is 22.0. The second-order valence-corrected chi connectivity index (χ2v) is 7.10. The van der Waals surface area contributed by atoms with E-state index in [1.165, 1.54) is 25.7 Å².